The Labute approximate surface area is 170 Å². The van der Waals surface area contributed by atoms with Gasteiger partial charge in [-0.3, -0.25) is 4.79 Å². The number of halogens is 1. The third-order valence-electron chi connectivity index (χ3n) is 5.96. The van der Waals surface area contributed by atoms with Crippen LogP contribution in [-0.4, -0.2) is 5.78 Å². The van der Waals surface area contributed by atoms with Crippen LogP contribution in [-0.2, 0) is 4.79 Å². The number of ketones is 1. The minimum Gasteiger partial charge on any atom is -0.358 e. The zero-order valence-corrected chi connectivity index (χ0v) is 16.8. The standard InChI is InChI=1S/C25H22ClNO/c1-25(2)13-20-24(21(28)14-25)22(16-7-10-17(26)11-8-16)23-18-6-4-3-5-15(18)9-12-19(23)27-20/h3-12,22,27H,13-14H2,1-2H3. The largest absolute Gasteiger partial charge is 0.358 e. The molecule has 0 spiro atoms. The summed E-state index contributed by atoms with van der Waals surface area (Å²) in [7, 11) is 0. The maximum absolute atomic E-state index is 13.3. The Kier molecular flexibility index (Phi) is 3.89. The van der Waals surface area contributed by atoms with E-state index >= 15 is 0 Å². The third kappa shape index (κ3) is 2.75. The average molecular weight is 388 g/mol. The molecular weight excluding hydrogens is 366 g/mol. The number of anilines is 1. The van der Waals surface area contributed by atoms with Crippen molar-refractivity contribution in [2.75, 3.05) is 5.32 Å². The summed E-state index contributed by atoms with van der Waals surface area (Å²) in [6.45, 7) is 4.34. The van der Waals surface area contributed by atoms with Crippen LogP contribution in [0.3, 0.4) is 0 Å². The number of carbonyl (C=O) groups excluding carboxylic acids is 1. The second-order valence-corrected chi connectivity index (χ2v) is 9.13. The summed E-state index contributed by atoms with van der Waals surface area (Å²) in [6.07, 6.45) is 1.46. The lowest BCUT2D eigenvalue weighted by molar-refractivity contribution is -0.118. The molecule has 2 nitrogen and oxygen atoms in total. The maximum atomic E-state index is 13.3. The number of Topliss-reactive ketones (excluding diaryl/α,β-unsaturated/α-hetero) is 1. The smallest absolute Gasteiger partial charge is 0.162 e. The van der Waals surface area contributed by atoms with Gasteiger partial charge in [-0.2, -0.15) is 0 Å². The Morgan fingerprint density at radius 2 is 1.71 bits per heavy atom. The van der Waals surface area contributed by atoms with Crippen LogP contribution in [0.2, 0.25) is 5.02 Å². The minimum atomic E-state index is -0.0711. The lowest BCUT2D eigenvalue weighted by Gasteiger charge is -2.40. The molecule has 2 aliphatic rings. The van der Waals surface area contributed by atoms with Gasteiger partial charge < -0.3 is 5.32 Å². The minimum absolute atomic E-state index is 0.0260. The van der Waals surface area contributed by atoms with E-state index < -0.39 is 0 Å². The van der Waals surface area contributed by atoms with Gasteiger partial charge in [-0.05, 0) is 51.9 Å². The first kappa shape index (κ1) is 17.5. The second kappa shape index (κ2) is 6.22. The van der Waals surface area contributed by atoms with Crippen LogP contribution in [0.1, 0.15) is 43.7 Å². The summed E-state index contributed by atoms with van der Waals surface area (Å²) >= 11 is 6.16. The number of nitrogens with one attached hydrogen (secondary N) is 1. The number of fused-ring (bicyclic) bond motifs is 3. The van der Waals surface area contributed by atoms with Crippen molar-refractivity contribution in [3.63, 3.8) is 0 Å². The molecule has 5 rings (SSSR count). The summed E-state index contributed by atoms with van der Waals surface area (Å²) < 4.78 is 0. The monoisotopic (exact) mass is 387 g/mol. The van der Waals surface area contributed by atoms with Crippen molar-refractivity contribution >= 4 is 33.8 Å². The Balaban J connectivity index is 1.81. The van der Waals surface area contributed by atoms with Gasteiger partial charge in [0.1, 0.15) is 0 Å². The van der Waals surface area contributed by atoms with Gasteiger partial charge >= 0.3 is 0 Å². The number of benzene rings is 3. The van der Waals surface area contributed by atoms with Crippen LogP contribution in [0, 0.1) is 5.41 Å². The number of carbonyl (C=O) groups is 1. The topological polar surface area (TPSA) is 29.1 Å². The predicted octanol–water partition coefficient (Wildman–Crippen LogP) is 6.69. The first-order valence-corrected chi connectivity index (χ1v) is 10.1. The summed E-state index contributed by atoms with van der Waals surface area (Å²) in [4.78, 5) is 13.3. The van der Waals surface area contributed by atoms with E-state index in [2.05, 4.69) is 67.7 Å². The van der Waals surface area contributed by atoms with Gasteiger partial charge in [-0.1, -0.05) is 67.9 Å². The fourth-order valence-electron chi connectivity index (χ4n) is 4.79. The van der Waals surface area contributed by atoms with Crippen LogP contribution in [0.25, 0.3) is 10.8 Å². The first-order valence-electron chi connectivity index (χ1n) is 9.73. The van der Waals surface area contributed by atoms with Crippen molar-refractivity contribution in [3.05, 3.63) is 88.1 Å². The quantitative estimate of drug-likeness (QED) is 0.503. The van der Waals surface area contributed by atoms with E-state index in [0.29, 0.717) is 11.4 Å². The van der Waals surface area contributed by atoms with Crippen LogP contribution >= 0.6 is 11.6 Å². The molecule has 28 heavy (non-hydrogen) atoms. The van der Waals surface area contributed by atoms with E-state index in [9.17, 15) is 4.79 Å². The van der Waals surface area contributed by atoms with Gasteiger partial charge in [-0.15, -0.1) is 0 Å². The zero-order chi connectivity index (χ0) is 19.5. The molecule has 140 valence electrons. The summed E-state index contributed by atoms with van der Waals surface area (Å²) in [6, 6.07) is 20.7. The fourth-order valence-corrected chi connectivity index (χ4v) is 4.92. The van der Waals surface area contributed by atoms with E-state index in [0.717, 1.165) is 28.9 Å². The van der Waals surface area contributed by atoms with Crippen LogP contribution < -0.4 is 5.32 Å². The first-order chi connectivity index (χ1) is 13.4. The Morgan fingerprint density at radius 1 is 0.964 bits per heavy atom. The fraction of sp³-hybridized carbons (Fsp3) is 0.240. The van der Waals surface area contributed by atoms with Crippen molar-refractivity contribution in [2.45, 2.75) is 32.6 Å². The molecule has 3 aromatic rings. The molecule has 0 aromatic heterocycles. The van der Waals surface area contributed by atoms with Crippen LogP contribution in [0.15, 0.2) is 71.9 Å². The van der Waals surface area contributed by atoms with E-state index in [1.807, 2.05) is 12.1 Å². The molecule has 0 amide bonds. The molecule has 1 N–H and O–H groups in total. The van der Waals surface area contributed by atoms with Gasteiger partial charge in [0.15, 0.2) is 5.78 Å². The maximum Gasteiger partial charge on any atom is 0.162 e. The van der Waals surface area contributed by atoms with E-state index in [4.69, 9.17) is 11.6 Å². The molecule has 0 bridgehead atoms. The highest BCUT2D eigenvalue weighted by atomic mass is 35.5. The highest BCUT2D eigenvalue weighted by Crippen LogP contribution is 2.50. The number of allylic oxidation sites excluding steroid dienone is 2. The number of rotatable bonds is 1. The SMILES string of the molecule is CC1(C)CC(=O)C2=C(C1)Nc1ccc3ccccc3c1C2c1ccc(Cl)cc1. The third-order valence-corrected chi connectivity index (χ3v) is 6.21. The molecule has 1 atom stereocenters. The molecule has 0 fully saturated rings. The summed E-state index contributed by atoms with van der Waals surface area (Å²) in [5.41, 5.74) is 5.37. The Hall–Kier alpha value is -2.58. The van der Waals surface area contributed by atoms with Crippen molar-refractivity contribution < 1.29 is 4.79 Å². The molecule has 0 saturated carbocycles. The van der Waals surface area contributed by atoms with Crippen molar-refractivity contribution in [3.8, 4) is 0 Å². The normalized spacial score (nSPS) is 20.5. The molecular formula is C25H22ClNO. The van der Waals surface area contributed by atoms with Gasteiger partial charge in [0.25, 0.3) is 0 Å². The molecule has 3 heteroatoms. The van der Waals surface area contributed by atoms with Crippen molar-refractivity contribution in [2.24, 2.45) is 5.41 Å². The number of hydrogen-bond acceptors (Lipinski definition) is 2. The van der Waals surface area contributed by atoms with E-state index in [1.165, 1.54) is 16.3 Å². The van der Waals surface area contributed by atoms with Crippen LogP contribution in [0.5, 0.6) is 0 Å². The van der Waals surface area contributed by atoms with E-state index in [1.54, 1.807) is 0 Å². The molecule has 1 unspecified atom stereocenters. The molecule has 3 aromatic carbocycles. The second-order valence-electron chi connectivity index (χ2n) is 8.69. The van der Waals surface area contributed by atoms with E-state index in [-0.39, 0.29) is 17.1 Å². The summed E-state index contributed by atoms with van der Waals surface area (Å²) in [5, 5.41) is 6.71. The highest BCUT2D eigenvalue weighted by molar-refractivity contribution is 6.30. The van der Waals surface area contributed by atoms with Crippen molar-refractivity contribution in [1.82, 2.24) is 0 Å². The Morgan fingerprint density at radius 3 is 2.50 bits per heavy atom. The van der Waals surface area contributed by atoms with Gasteiger partial charge in [0, 0.05) is 34.3 Å². The van der Waals surface area contributed by atoms with Gasteiger partial charge in [-0.25, -0.2) is 0 Å². The molecule has 1 aliphatic heterocycles. The Bertz CT molecular complexity index is 1140. The van der Waals surface area contributed by atoms with Crippen molar-refractivity contribution in [1.29, 1.82) is 0 Å². The lowest BCUT2D eigenvalue weighted by Crippen LogP contribution is -2.33. The molecule has 0 radical (unpaired) electrons. The zero-order valence-electron chi connectivity index (χ0n) is 16.1. The van der Waals surface area contributed by atoms with Crippen LogP contribution in [0.4, 0.5) is 5.69 Å². The lowest BCUT2D eigenvalue weighted by atomic mass is 9.68. The van der Waals surface area contributed by atoms with Gasteiger partial charge in [0.05, 0.1) is 0 Å². The average Bonchev–Trinajstić information content (AvgIpc) is 2.66. The predicted molar refractivity (Wildman–Crippen MR) is 116 cm³/mol. The highest BCUT2D eigenvalue weighted by Gasteiger charge is 2.41. The van der Waals surface area contributed by atoms with Gasteiger partial charge in [0.2, 0.25) is 0 Å². The summed E-state index contributed by atoms with van der Waals surface area (Å²) in [5.74, 6) is 0.176. The molecule has 1 aliphatic carbocycles. The molecule has 0 saturated heterocycles. The number of hydrogen-bond donors (Lipinski definition) is 1. The molecule has 1 heterocycles.